The normalized spacial score (nSPS) is 20.4. The molecule has 6 heteroatoms. The lowest BCUT2D eigenvalue weighted by atomic mass is 9.98. The van der Waals surface area contributed by atoms with Crippen molar-refractivity contribution in [2.45, 2.75) is 45.6 Å². The lowest BCUT2D eigenvalue weighted by Gasteiger charge is -2.30. The van der Waals surface area contributed by atoms with Gasteiger partial charge >= 0.3 is 0 Å². The van der Waals surface area contributed by atoms with E-state index in [0.29, 0.717) is 19.8 Å². The first-order valence-corrected chi connectivity index (χ1v) is 9.89. The second-order valence-electron chi connectivity index (χ2n) is 7.54. The van der Waals surface area contributed by atoms with Crippen LogP contribution in [0, 0.1) is 19.8 Å². The van der Waals surface area contributed by atoms with E-state index >= 15 is 0 Å². The van der Waals surface area contributed by atoms with Crippen LogP contribution < -0.4 is 5.32 Å². The molecular weight excluding hydrogens is 344 g/mol. The van der Waals surface area contributed by atoms with Crippen LogP contribution in [0.5, 0.6) is 0 Å². The van der Waals surface area contributed by atoms with Crippen LogP contribution in [0.4, 0.5) is 5.69 Å². The Balaban J connectivity index is 1.66. The maximum Gasteiger partial charge on any atom is 0.244 e. The number of hydrogen-bond donors (Lipinski definition) is 1. The highest BCUT2D eigenvalue weighted by atomic mass is 16.5. The second-order valence-corrected chi connectivity index (χ2v) is 7.54. The van der Waals surface area contributed by atoms with E-state index in [1.807, 2.05) is 32.0 Å². The molecule has 2 fully saturated rings. The Bertz CT molecular complexity index is 664. The van der Waals surface area contributed by atoms with Gasteiger partial charge in [-0.25, -0.2) is 0 Å². The topological polar surface area (TPSA) is 67.9 Å². The van der Waals surface area contributed by atoms with Crippen molar-refractivity contribution < 1.29 is 19.1 Å². The Morgan fingerprint density at radius 1 is 1.15 bits per heavy atom. The summed E-state index contributed by atoms with van der Waals surface area (Å²) < 4.78 is 11.1. The molecule has 0 aliphatic carbocycles. The number of ether oxygens (including phenoxy) is 2. The second kappa shape index (κ2) is 9.33. The molecule has 0 bridgehead atoms. The lowest BCUT2D eigenvalue weighted by molar-refractivity contribution is -0.142. The number of carbonyl (C=O) groups is 2. The largest absolute Gasteiger partial charge is 0.381 e. The van der Waals surface area contributed by atoms with Crippen LogP contribution >= 0.6 is 0 Å². The van der Waals surface area contributed by atoms with Gasteiger partial charge in [0.05, 0.1) is 12.6 Å². The molecule has 1 atom stereocenters. The summed E-state index contributed by atoms with van der Waals surface area (Å²) in [5.41, 5.74) is 2.98. The zero-order chi connectivity index (χ0) is 19.2. The first kappa shape index (κ1) is 19.8. The van der Waals surface area contributed by atoms with Crippen molar-refractivity contribution in [1.82, 2.24) is 4.90 Å². The smallest absolute Gasteiger partial charge is 0.244 e. The van der Waals surface area contributed by atoms with Gasteiger partial charge in [0.15, 0.2) is 0 Å². The van der Waals surface area contributed by atoms with Gasteiger partial charge in [-0.1, -0.05) is 12.1 Å². The molecule has 148 valence electrons. The van der Waals surface area contributed by atoms with Gasteiger partial charge in [0, 0.05) is 38.0 Å². The molecule has 1 aromatic rings. The van der Waals surface area contributed by atoms with Crippen LogP contribution in [0.2, 0.25) is 0 Å². The molecule has 1 unspecified atom stereocenters. The van der Waals surface area contributed by atoms with E-state index in [4.69, 9.17) is 9.47 Å². The quantitative estimate of drug-likeness (QED) is 0.831. The molecule has 0 aromatic heterocycles. The van der Waals surface area contributed by atoms with Gasteiger partial charge in [-0.05, 0) is 56.7 Å². The van der Waals surface area contributed by atoms with Crippen molar-refractivity contribution in [1.29, 1.82) is 0 Å². The molecule has 3 rings (SSSR count). The molecule has 0 spiro atoms. The SMILES string of the molecule is Cc1cccc(NC(=O)CN(CC2CCCO2)C(=O)C2CCOCC2)c1C. The predicted molar refractivity (Wildman–Crippen MR) is 104 cm³/mol. The average molecular weight is 374 g/mol. The molecule has 2 saturated heterocycles. The molecule has 2 aliphatic heterocycles. The maximum absolute atomic E-state index is 13.0. The Morgan fingerprint density at radius 2 is 1.93 bits per heavy atom. The summed E-state index contributed by atoms with van der Waals surface area (Å²) in [6.45, 7) is 6.50. The minimum Gasteiger partial charge on any atom is -0.381 e. The van der Waals surface area contributed by atoms with Crippen LogP contribution in [0.3, 0.4) is 0 Å². The van der Waals surface area contributed by atoms with Gasteiger partial charge in [-0.3, -0.25) is 9.59 Å². The third-order valence-electron chi connectivity index (χ3n) is 5.54. The molecule has 27 heavy (non-hydrogen) atoms. The van der Waals surface area contributed by atoms with Gasteiger partial charge in [0.2, 0.25) is 11.8 Å². The number of benzene rings is 1. The molecule has 0 saturated carbocycles. The summed E-state index contributed by atoms with van der Waals surface area (Å²) in [4.78, 5) is 27.4. The van der Waals surface area contributed by atoms with Crippen molar-refractivity contribution in [3.63, 3.8) is 0 Å². The van der Waals surface area contributed by atoms with E-state index in [2.05, 4.69) is 5.32 Å². The highest BCUT2D eigenvalue weighted by Gasteiger charge is 2.30. The molecule has 1 N–H and O–H groups in total. The van der Waals surface area contributed by atoms with Gasteiger partial charge < -0.3 is 19.7 Å². The van der Waals surface area contributed by atoms with E-state index in [1.165, 1.54) is 0 Å². The van der Waals surface area contributed by atoms with Crippen LogP contribution in [0.25, 0.3) is 0 Å². The number of carbonyl (C=O) groups excluding carboxylic acids is 2. The summed E-state index contributed by atoms with van der Waals surface area (Å²) in [5, 5.41) is 2.97. The van der Waals surface area contributed by atoms with E-state index < -0.39 is 0 Å². The Kier molecular flexibility index (Phi) is 6.85. The van der Waals surface area contributed by atoms with Gasteiger partial charge in [0.1, 0.15) is 0 Å². The molecule has 6 nitrogen and oxygen atoms in total. The van der Waals surface area contributed by atoms with Crippen molar-refractivity contribution in [3.8, 4) is 0 Å². The average Bonchev–Trinajstić information content (AvgIpc) is 3.18. The Labute approximate surface area is 161 Å². The number of anilines is 1. The van der Waals surface area contributed by atoms with Crippen molar-refractivity contribution >= 4 is 17.5 Å². The Morgan fingerprint density at radius 3 is 2.63 bits per heavy atom. The number of nitrogens with zero attached hydrogens (tertiary/aromatic N) is 1. The van der Waals surface area contributed by atoms with E-state index in [0.717, 1.165) is 49.1 Å². The van der Waals surface area contributed by atoms with Crippen molar-refractivity contribution in [3.05, 3.63) is 29.3 Å². The van der Waals surface area contributed by atoms with E-state index in [9.17, 15) is 9.59 Å². The van der Waals surface area contributed by atoms with Gasteiger partial charge in [-0.15, -0.1) is 0 Å². The minimum atomic E-state index is -0.165. The van der Waals surface area contributed by atoms with Crippen LogP contribution in [-0.2, 0) is 19.1 Å². The third kappa shape index (κ3) is 5.30. The first-order valence-electron chi connectivity index (χ1n) is 9.89. The van der Waals surface area contributed by atoms with Crippen molar-refractivity contribution in [2.75, 3.05) is 38.2 Å². The fourth-order valence-corrected chi connectivity index (χ4v) is 3.72. The zero-order valence-corrected chi connectivity index (χ0v) is 16.3. The van der Waals surface area contributed by atoms with Crippen LogP contribution in [-0.4, -0.2) is 55.7 Å². The summed E-state index contributed by atoms with van der Waals surface area (Å²) in [6, 6.07) is 5.84. The summed E-state index contributed by atoms with van der Waals surface area (Å²) in [5.74, 6) is -0.180. The third-order valence-corrected chi connectivity index (χ3v) is 5.54. The lowest BCUT2D eigenvalue weighted by Crippen LogP contribution is -2.46. The summed E-state index contributed by atoms with van der Waals surface area (Å²) in [6.07, 6.45) is 3.43. The van der Waals surface area contributed by atoms with Crippen molar-refractivity contribution in [2.24, 2.45) is 5.92 Å². The fraction of sp³-hybridized carbons (Fsp3) is 0.619. The number of nitrogens with one attached hydrogen (secondary N) is 1. The molecule has 1 aromatic carbocycles. The van der Waals surface area contributed by atoms with E-state index in [1.54, 1.807) is 4.90 Å². The van der Waals surface area contributed by atoms with Crippen LogP contribution in [0.15, 0.2) is 18.2 Å². The fourth-order valence-electron chi connectivity index (χ4n) is 3.72. The highest BCUT2D eigenvalue weighted by molar-refractivity contribution is 5.95. The zero-order valence-electron chi connectivity index (χ0n) is 16.3. The maximum atomic E-state index is 13.0. The minimum absolute atomic E-state index is 0.0299. The van der Waals surface area contributed by atoms with Gasteiger partial charge in [0.25, 0.3) is 0 Å². The highest BCUT2D eigenvalue weighted by Crippen LogP contribution is 2.21. The number of rotatable bonds is 6. The standard InChI is InChI=1S/C21H30N2O4/c1-15-5-3-7-19(16(15)2)22-20(24)14-23(13-18-6-4-10-27-18)21(25)17-8-11-26-12-9-17/h3,5,7,17-18H,4,6,8-14H2,1-2H3,(H,22,24). The van der Waals surface area contributed by atoms with Crippen LogP contribution in [0.1, 0.15) is 36.8 Å². The molecule has 2 amide bonds. The number of aryl methyl sites for hydroxylation is 1. The molecule has 2 heterocycles. The monoisotopic (exact) mass is 374 g/mol. The first-order chi connectivity index (χ1) is 13.0. The molecule has 0 radical (unpaired) electrons. The number of amides is 2. The molecule has 2 aliphatic rings. The molecular formula is C21H30N2O4. The Hall–Kier alpha value is -1.92. The predicted octanol–water partition coefficient (Wildman–Crippen LogP) is 2.68. The van der Waals surface area contributed by atoms with Gasteiger partial charge in [-0.2, -0.15) is 0 Å². The van der Waals surface area contributed by atoms with E-state index in [-0.39, 0.29) is 30.4 Å². The summed E-state index contributed by atoms with van der Waals surface area (Å²) in [7, 11) is 0. The summed E-state index contributed by atoms with van der Waals surface area (Å²) >= 11 is 0. The number of hydrogen-bond acceptors (Lipinski definition) is 4.